The first-order valence-electron chi connectivity index (χ1n) is 7.41. The average Bonchev–Trinajstić information content (AvgIpc) is 3.00. The Morgan fingerprint density at radius 3 is 2.95 bits per heavy atom. The van der Waals surface area contributed by atoms with Crippen molar-refractivity contribution in [3.63, 3.8) is 0 Å². The fourth-order valence-electron chi connectivity index (χ4n) is 3.01. The molecule has 1 atom stereocenters. The second kappa shape index (κ2) is 6.19. The molecule has 0 amide bonds. The van der Waals surface area contributed by atoms with E-state index in [2.05, 4.69) is 29.0 Å². The number of aromatic nitrogens is 4. The Morgan fingerprint density at radius 2 is 2.27 bits per heavy atom. The maximum atomic E-state index is 9.31. The van der Waals surface area contributed by atoms with Crippen molar-refractivity contribution in [2.75, 3.05) is 7.05 Å². The zero-order chi connectivity index (χ0) is 15.9. The third-order valence-corrected chi connectivity index (χ3v) is 5.79. The third-order valence-electron chi connectivity index (χ3n) is 4.19. The molecule has 0 spiro atoms. The van der Waals surface area contributed by atoms with Crippen LogP contribution >= 0.6 is 23.6 Å². The molecule has 0 fully saturated rings. The van der Waals surface area contributed by atoms with Crippen LogP contribution in [-0.4, -0.2) is 36.4 Å². The summed E-state index contributed by atoms with van der Waals surface area (Å²) in [6.45, 7) is 2.59. The van der Waals surface area contributed by atoms with Crippen molar-refractivity contribution in [2.24, 2.45) is 7.05 Å². The van der Waals surface area contributed by atoms with Gasteiger partial charge in [-0.15, -0.1) is 11.3 Å². The molecule has 0 radical (unpaired) electrons. The van der Waals surface area contributed by atoms with Crippen molar-refractivity contribution in [3.8, 4) is 0 Å². The number of aryl methyl sites for hydroxylation is 2. The molecule has 2 heterocycles. The first-order valence-corrected chi connectivity index (χ1v) is 8.63. The van der Waals surface area contributed by atoms with Crippen LogP contribution in [0.2, 0.25) is 0 Å². The maximum Gasteiger partial charge on any atom is 0.198 e. The van der Waals surface area contributed by atoms with Crippen LogP contribution in [0, 0.1) is 11.7 Å². The van der Waals surface area contributed by atoms with E-state index >= 15 is 0 Å². The summed E-state index contributed by atoms with van der Waals surface area (Å²) in [4.78, 5) is 8.31. The lowest BCUT2D eigenvalue weighted by atomic mass is 9.97. The van der Waals surface area contributed by atoms with E-state index < -0.39 is 0 Å². The Hall–Kier alpha value is -1.09. The third kappa shape index (κ3) is 2.76. The monoisotopic (exact) mass is 339 g/mol. The van der Waals surface area contributed by atoms with E-state index in [9.17, 15) is 5.11 Å². The molecule has 1 aliphatic rings. The number of aliphatic hydroxyl groups excluding tert-OH is 1. The van der Waals surface area contributed by atoms with E-state index in [0.29, 0.717) is 23.3 Å². The lowest BCUT2D eigenvalue weighted by Gasteiger charge is -2.30. The molecule has 0 bridgehead atoms. The van der Waals surface area contributed by atoms with Gasteiger partial charge in [0.1, 0.15) is 6.61 Å². The topological polar surface area (TPSA) is 59.1 Å². The fourth-order valence-corrected chi connectivity index (χ4v) is 4.39. The van der Waals surface area contributed by atoms with Crippen molar-refractivity contribution in [3.05, 3.63) is 26.2 Å². The van der Waals surface area contributed by atoms with E-state index in [0.717, 1.165) is 17.8 Å². The smallest absolute Gasteiger partial charge is 0.198 e. The van der Waals surface area contributed by atoms with Crippen molar-refractivity contribution >= 4 is 23.6 Å². The second-order valence-electron chi connectivity index (χ2n) is 5.77. The van der Waals surface area contributed by atoms with Crippen LogP contribution in [0.5, 0.6) is 0 Å². The van der Waals surface area contributed by atoms with Crippen LogP contribution in [-0.2, 0) is 26.7 Å². The Labute approximate surface area is 139 Å². The molecule has 0 aliphatic heterocycles. The lowest BCUT2D eigenvalue weighted by Crippen LogP contribution is -2.29. The summed E-state index contributed by atoms with van der Waals surface area (Å²) in [5, 5.41) is 14.8. The van der Waals surface area contributed by atoms with Crippen LogP contribution in [0.25, 0.3) is 0 Å². The second-order valence-corrected chi connectivity index (χ2v) is 7.37. The van der Waals surface area contributed by atoms with Gasteiger partial charge in [0.25, 0.3) is 0 Å². The molecule has 120 valence electrons. The zero-order valence-corrected chi connectivity index (χ0v) is 14.7. The molecule has 0 saturated carbocycles. The number of fused-ring (bicyclic) bond motifs is 1. The fraction of sp³-hybridized carbons (Fsp3) is 0.643. The number of hydrogen-bond donors (Lipinski definition) is 1. The Bertz CT molecular complexity index is 732. The number of thiazole rings is 1. The number of hydrogen-bond acceptors (Lipinski definition) is 6. The van der Waals surface area contributed by atoms with Gasteiger partial charge >= 0.3 is 0 Å². The molecule has 0 saturated heterocycles. The van der Waals surface area contributed by atoms with Gasteiger partial charge in [-0.2, -0.15) is 5.10 Å². The summed E-state index contributed by atoms with van der Waals surface area (Å²) in [5.41, 5.74) is 1.26. The molecule has 22 heavy (non-hydrogen) atoms. The highest BCUT2D eigenvalue weighted by Gasteiger charge is 2.27. The van der Waals surface area contributed by atoms with Gasteiger partial charge in [-0.3, -0.25) is 4.90 Å². The van der Waals surface area contributed by atoms with Gasteiger partial charge in [0.2, 0.25) is 0 Å². The molecule has 1 aliphatic carbocycles. The molecule has 0 aromatic carbocycles. The van der Waals surface area contributed by atoms with Crippen LogP contribution in [0.15, 0.2) is 0 Å². The van der Waals surface area contributed by atoms with Gasteiger partial charge in [0.15, 0.2) is 10.6 Å². The minimum atomic E-state index is -0.0987. The summed E-state index contributed by atoms with van der Waals surface area (Å²) >= 11 is 7.20. The predicted molar refractivity (Wildman–Crippen MR) is 88.2 cm³/mol. The molecular weight excluding hydrogens is 318 g/mol. The summed E-state index contributed by atoms with van der Waals surface area (Å²) in [6, 6.07) is 0.372. The number of aliphatic hydroxyl groups is 1. The molecule has 2 aromatic heterocycles. The van der Waals surface area contributed by atoms with Crippen LogP contribution in [0.4, 0.5) is 0 Å². The SMILES string of the molecule is Cc1nc2c(s1)C(N(C)Cn1nc(CO)n(C)c1=S)CCC2. The Kier molecular flexibility index (Phi) is 4.44. The molecule has 3 rings (SSSR count). The normalized spacial score (nSPS) is 18.0. The summed E-state index contributed by atoms with van der Waals surface area (Å²) in [7, 11) is 3.94. The quantitative estimate of drug-likeness (QED) is 0.865. The minimum Gasteiger partial charge on any atom is -0.388 e. The number of rotatable bonds is 4. The minimum absolute atomic E-state index is 0.0987. The largest absolute Gasteiger partial charge is 0.388 e. The van der Waals surface area contributed by atoms with Crippen LogP contribution in [0.1, 0.15) is 40.3 Å². The molecule has 1 N–H and O–H groups in total. The van der Waals surface area contributed by atoms with E-state index in [1.165, 1.54) is 17.0 Å². The first kappa shape index (κ1) is 15.8. The van der Waals surface area contributed by atoms with Gasteiger partial charge in [0, 0.05) is 18.0 Å². The highest BCUT2D eigenvalue weighted by atomic mass is 32.1. The van der Waals surface area contributed by atoms with Crippen molar-refractivity contribution in [2.45, 2.75) is 45.5 Å². The summed E-state index contributed by atoms with van der Waals surface area (Å²) in [5.74, 6) is 0.594. The van der Waals surface area contributed by atoms with Crippen molar-refractivity contribution in [1.82, 2.24) is 24.2 Å². The Balaban J connectivity index is 1.84. The summed E-state index contributed by atoms with van der Waals surface area (Å²) < 4.78 is 4.17. The van der Waals surface area contributed by atoms with Crippen molar-refractivity contribution < 1.29 is 5.11 Å². The number of nitrogens with zero attached hydrogens (tertiary/aromatic N) is 5. The van der Waals surface area contributed by atoms with Gasteiger partial charge in [-0.25, -0.2) is 9.67 Å². The molecular formula is C14H21N5OS2. The van der Waals surface area contributed by atoms with Crippen LogP contribution in [0.3, 0.4) is 0 Å². The van der Waals surface area contributed by atoms with Gasteiger partial charge in [-0.1, -0.05) is 0 Å². The van der Waals surface area contributed by atoms with E-state index in [-0.39, 0.29) is 6.61 Å². The molecule has 1 unspecified atom stereocenters. The van der Waals surface area contributed by atoms with E-state index in [4.69, 9.17) is 12.2 Å². The lowest BCUT2D eigenvalue weighted by molar-refractivity contribution is 0.167. The Morgan fingerprint density at radius 1 is 1.50 bits per heavy atom. The molecule has 2 aromatic rings. The zero-order valence-electron chi connectivity index (χ0n) is 13.1. The maximum absolute atomic E-state index is 9.31. The first-order chi connectivity index (χ1) is 10.5. The molecule has 6 nitrogen and oxygen atoms in total. The van der Waals surface area contributed by atoms with Crippen molar-refractivity contribution in [1.29, 1.82) is 0 Å². The average molecular weight is 339 g/mol. The van der Waals surface area contributed by atoms with Crippen LogP contribution < -0.4 is 0 Å². The van der Waals surface area contributed by atoms with Gasteiger partial charge < -0.3 is 9.67 Å². The van der Waals surface area contributed by atoms with Gasteiger partial charge in [0.05, 0.1) is 17.4 Å². The highest BCUT2D eigenvalue weighted by Crippen LogP contribution is 2.37. The standard InChI is InChI=1S/C14H21N5OS2/c1-9-15-10-5-4-6-11(13(10)22-9)17(2)8-19-14(21)18(3)12(7-20)16-19/h11,20H,4-8H2,1-3H3. The van der Waals surface area contributed by atoms with Gasteiger partial charge in [-0.05, 0) is 45.5 Å². The van der Waals surface area contributed by atoms with E-state index in [1.54, 1.807) is 20.6 Å². The van der Waals surface area contributed by atoms with E-state index in [1.807, 2.05) is 7.05 Å². The molecule has 8 heteroatoms. The summed E-state index contributed by atoms with van der Waals surface area (Å²) in [6.07, 6.45) is 3.39. The highest BCUT2D eigenvalue weighted by molar-refractivity contribution is 7.71. The predicted octanol–water partition coefficient (Wildman–Crippen LogP) is 2.18.